The summed E-state index contributed by atoms with van der Waals surface area (Å²) in [5, 5.41) is 10.1. The van der Waals surface area contributed by atoms with Crippen LogP contribution in [0.1, 0.15) is 65.9 Å². The zero-order valence-corrected chi connectivity index (χ0v) is 25.3. The minimum atomic E-state index is -3.55. The Morgan fingerprint density at radius 1 is 1.26 bits per heavy atom. The van der Waals surface area contributed by atoms with Gasteiger partial charge in [0.05, 0.1) is 28.9 Å². The van der Waals surface area contributed by atoms with Crippen LogP contribution >= 0.6 is 23.2 Å². The molecular formula is C29H39Cl2NO5S. The van der Waals surface area contributed by atoms with Crippen LogP contribution in [0.3, 0.4) is 0 Å². The Kier molecular flexibility index (Phi) is 10.9. The average molecular weight is 585 g/mol. The van der Waals surface area contributed by atoms with Crippen LogP contribution in [0.25, 0.3) is 0 Å². The predicted octanol–water partition coefficient (Wildman–Crippen LogP) is 6.61. The van der Waals surface area contributed by atoms with Gasteiger partial charge in [0, 0.05) is 22.0 Å². The van der Waals surface area contributed by atoms with E-state index in [9.17, 15) is 23.1 Å². The molecular weight excluding hydrogens is 545 g/mol. The van der Waals surface area contributed by atoms with Gasteiger partial charge in [-0.05, 0) is 62.5 Å². The standard InChI is InChI=1S/C29H39Cl2NO5S/c1-8-22(30)13-12-20(6)27-24(21-10-9-11-23(31)14-21)15-29(7,16-26(33)34)28(35)32(27)25(18(2)3)17-38(36,37)19(4)5/h8-14,18-19,24-25,27H,6,15-17H2,1-5,7H3,(H,33,34)/b13-12-,22-8+/t24-,25?,27-,29-/m1/s1. The highest BCUT2D eigenvalue weighted by Gasteiger charge is 2.53. The summed E-state index contributed by atoms with van der Waals surface area (Å²) < 4.78 is 26.3. The summed E-state index contributed by atoms with van der Waals surface area (Å²) >= 11 is 12.6. The number of hydrogen-bond acceptors (Lipinski definition) is 4. The van der Waals surface area contributed by atoms with Crippen LogP contribution in [-0.4, -0.2) is 53.4 Å². The number of carboxylic acids is 1. The molecule has 6 nitrogen and oxygen atoms in total. The van der Waals surface area contributed by atoms with Crippen LogP contribution in [0.15, 0.2) is 59.7 Å². The van der Waals surface area contributed by atoms with Gasteiger partial charge in [-0.1, -0.05) is 74.8 Å². The van der Waals surface area contributed by atoms with Crippen molar-refractivity contribution in [2.24, 2.45) is 11.3 Å². The largest absolute Gasteiger partial charge is 0.481 e. The highest BCUT2D eigenvalue weighted by molar-refractivity contribution is 7.92. The molecule has 1 heterocycles. The van der Waals surface area contributed by atoms with Gasteiger partial charge in [0.25, 0.3) is 0 Å². The molecule has 0 saturated carbocycles. The number of nitrogens with zero attached hydrogens (tertiary/aromatic N) is 1. The first-order valence-corrected chi connectivity index (χ1v) is 15.2. The van der Waals surface area contributed by atoms with Crippen LogP contribution < -0.4 is 0 Å². The summed E-state index contributed by atoms with van der Waals surface area (Å²) in [5.74, 6) is -2.37. The number of carbonyl (C=O) groups is 2. The van der Waals surface area contributed by atoms with Crippen molar-refractivity contribution in [1.29, 1.82) is 0 Å². The second kappa shape index (κ2) is 12.8. The molecule has 1 aliphatic heterocycles. The number of carboxylic acid groups (broad SMARTS) is 1. The average Bonchev–Trinajstić information content (AvgIpc) is 2.81. The van der Waals surface area contributed by atoms with E-state index in [2.05, 4.69) is 6.58 Å². The minimum absolute atomic E-state index is 0.228. The number of aliphatic carboxylic acids is 1. The van der Waals surface area contributed by atoms with Crippen molar-refractivity contribution < 1.29 is 23.1 Å². The van der Waals surface area contributed by atoms with Crippen molar-refractivity contribution in [1.82, 2.24) is 4.90 Å². The number of carbonyl (C=O) groups excluding carboxylic acids is 1. The number of rotatable bonds is 11. The molecule has 1 N–H and O–H groups in total. The third-order valence-electron chi connectivity index (χ3n) is 7.28. The Morgan fingerprint density at radius 2 is 1.89 bits per heavy atom. The molecule has 9 heteroatoms. The lowest BCUT2D eigenvalue weighted by atomic mass is 9.66. The fourth-order valence-corrected chi connectivity index (χ4v) is 6.70. The first kappa shape index (κ1) is 32.1. The molecule has 1 aromatic carbocycles. The maximum absolute atomic E-state index is 14.3. The molecule has 1 amide bonds. The minimum Gasteiger partial charge on any atom is -0.481 e. The van der Waals surface area contributed by atoms with Crippen LogP contribution in [-0.2, 0) is 19.4 Å². The molecule has 0 aliphatic carbocycles. The summed E-state index contributed by atoms with van der Waals surface area (Å²) in [7, 11) is -3.55. The number of halogens is 2. The third kappa shape index (κ3) is 7.51. The maximum atomic E-state index is 14.3. The van der Waals surface area contributed by atoms with E-state index in [-0.39, 0.29) is 30.4 Å². The molecule has 1 saturated heterocycles. The molecule has 0 bridgehead atoms. The van der Waals surface area contributed by atoms with Gasteiger partial charge < -0.3 is 10.0 Å². The van der Waals surface area contributed by atoms with E-state index < -0.39 is 44.5 Å². The Hall–Kier alpha value is -2.09. The van der Waals surface area contributed by atoms with Gasteiger partial charge in [-0.15, -0.1) is 0 Å². The maximum Gasteiger partial charge on any atom is 0.304 e. The van der Waals surface area contributed by atoms with Crippen molar-refractivity contribution >= 4 is 44.9 Å². The SMILES string of the molecule is C=C(/C=C\C(Cl)=C/C)[C@@H]1[C@@H](c2cccc(Cl)c2)C[C@](C)(CC(=O)O)C(=O)N1C(CS(=O)(=O)C(C)C)C(C)C. The molecule has 1 aliphatic rings. The molecule has 210 valence electrons. The molecule has 0 spiro atoms. The van der Waals surface area contributed by atoms with Gasteiger partial charge in [0.1, 0.15) is 0 Å². The lowest BCUT2D eigenvalue weighted by Crippen LogP contribution is -2.62. The van der Waals surface area contributed by atoms with Gasteiger partial charge in [-0.3, -0.25) is 9.59 Å². The van der Waals surface area contributed by atoms with Gasteiger partial charge in [-0.25, -0.2) is 8.42 Å². The fraction of sp³-hybridized carbons (Fsp3) is 0.517. The van der Waals surface area contributed by atoms with Gasteiger partial charge in [0.15, 0.2) is 9.84 Å². The van der Waals surface area contributed by atoms with Crippen molar-refractivity contribution in [2.75, 3.05) is 5.75 Å². The molecule has 0 aromatic heterocycles. The Labute approximate surface area is 237 Å². The number of benzene rings is 1. The molecule has 2 rings (SSSR count). The number of allylic oxidation sites excluding steroid dienone is 3. The molecule has 4 atom stereocenters. The number of likely N-dealkylation sites (tertiary alicyclic amines) is 1. The number of hydrogen-bond donors (Lipinski definition) is 1. The van der Waals surface area contributed by atoms with Crippen molar-refractivity contribution in [3.8, 4) is 0 Å². The second-order valence-corrected chi connectivity index (χ2v) is 14.4. The normalized spacial score (nSPS) is 23.9. The summed E-state index contributed by atoms with van der Waals surface area (Å²) in [6, 6.07) is 5.90. The second-order valence-electron chi connectivity index (χ2n) is 10.9. The van der Waals surface area contributed by atoms with E-state index in [1.54, 1.807) is 63.0 Å². The topological polar surface area (TPSA) is 91.8 Å². The zero-order valence-electron chi connectivity index (χ0n) is 22.9. The van der Waals surface area contributed by atoms with Gasteiger partial charge >= 0.3 is 5.97 Å². The van der Waals surface area contributed by atoms with Gasteiger partial charge in [-0.2, -0.15) is 0 Å². The van der Waals surface area contributed by atoms with Crippen LogP contribution in [0.5, 0.6) is 0 Å². The van der Waals surface area contributed by atoms with E-state index in [4.69, 9.17) is 23.2 Å². The molecule has 0 radical (unpaired) electrons. The first-order chi connectivity index (χ1) is 17.5. The van der Waals surface area contributed by atoms with E-state index in [0.717, 1.165) is 5.56 Å². The Balaban J connectivity index is 2.85. The monoisotopic (exact) mass is 583 g/mol. The molecule has 1 fully saturated rings. The van der Waals surface area contributed by atoms with Crippen molar-refractivity contribution in [2.45, 2.75) is 77.6 Å². The highest BCUT2D eigenvalue weighted by Crippen LogP contribution is 2.48. The van der Waals surface area contributed by atoms with Crippen molar-refractivity contribution in [3.05, 3.63) is 70.3 Å². The summed E-state index contributed by atoms with van der Waals surface area (Å²) in [5.41, 5.74) is 0.112. The van der Waals surface area contributed by atoms with E-state index >= 15 is 0 Å². The van der Waals surface area contributed by atoms with Crippen LogP contribution in [0.2, 0.25) is 5.02 Å². The summed E-state index contributed by atoms with van der Waals surface area (Å²) in [4.78, 5) is 27.8. The number of amides is 1. The van der Waals surface area contributed by atoms with Gasteiger partial charge in [0.2, 0.25) is 5.91 Å². The highest BCUT2D eigenvalue weighted by atomic mass is 35.5. The summed E-state index contributed by atoms with van der Waals surface area (Å²) in [6.07, 6.45) is 4.98. The van der Waals surface area contributed by atoms with E-state index in [0.29, 0.717) is 15.6 Å². The lowest BCUT2D eigenvalue weighted by molar-refractivity contribution is -0.159. The molecule has 38 heavy (non-hydrogen) atoms. The Bertz CT molecular complexity index is 1220. The smallest absolute Gasteiger partial charge is 0.304 e. The zero-order chi connectivity index (χ0) is 29.0. The van der Waals surface area contributed by atoms with Crippen LogP contribution in [0.4, 0.5) is 0 Å². The number of sulfone groups is 1. The molecule has 1 aromatic rings. The fourth-order valence-electron chi connectivity index (χ4n) is 5.03. The third-order valence-corrected chi connectivity index (χ3v) is 10.1. The van der Waals surface area contributed by atoms with Crippen LogP contribution in [0, 0.1) is 11.3 Å². The van der Waals surface area contributed by atoms with E-state index in [1.165, 1.54) is 0 Å². The quantitative estimate of drug-likeness (QED) is 0.296. The lowest BCUT2D eigenvalue weighted by Gasteiger charge is -2.53. The van der Waals surface area contributed by atoms with Crippen molar-refractivity contribution in [3.63, 3.8) is 0 Å². The molecule has 1 unspecified atom stereocenters. The van der Waals surface area contributed by atoms with E-state index in [1.807, 2.05) is 26.0 Å². The summed E-state index contributed by atoms with van der Waals surface area (Å²) in [6.45, 7) is 14.7. The Morgan fingerprint density at radius 3 is 2.39 bits per heavy atom. The first-order valence-electron chi connectivity index (χ1n) is 12.7. The number of piperidine rings is 1. The predicted molar refractivity (Wildman–Crippen MR) is 155 cm³/mol.